The number of benzene rings is 2. The molecule has 3 amide bonds. The van der Waals surface area contributed by atoms with Crippen molar-refractivity contribution in [2.24, 2.45) is 11.8 Å². The fourth-order valence-corrected chi connectivity index (χ4v) is 9.92. The van der Waals surface area contributed by atoms with E-state index in [1.807, 2.05) is 18.2 Å². The Morgan fingerprint density at radius 2 is 1.49 bits per heavy atom. The number of nitrogens with zero attached hydrogens (tertiary/aromatic N) is 4. The van der Waals surface area contributed by atoms with Gasteiger partial charge in [-0.3, -0.25) is 19.3 Å². The molecule has 2 aliphatic carbocycles. The highest BCUT2D eigenvalue weighted by Crippen LogP contribution is 2.45. The summed E-state index contributed by atoms with van der Waals surface area (Å²) in [5.74, 6) is -0.307. The maximum atomic E-state index is 14.2. The van der Waals surface area contributed by atoms with E-state index in [1.54, 1.807) is 11.0 Å². The fourth-order valence-electron chi connectivity index (χ4n) is 9.62. The topological polar surface area (TPSA) is 64.2 Å². The third-order valence-corrected chi connectivity index (χ3v) is 13.4. The van der Waals surface area contributed by atoms with Crippen molar-refractivity contribution in [3.05, 3.63) is 63.6 Å². The standard InChI is InChI=1S/C39H47Cl2F3N4O3/c40-32-14-13-29(24-33(32)41)37(16-22-46(25-37)34(49)27-7-1-2-8-27)15-6-19-45-20-17-38(18-21-45)36(51)47(35(50)28-9-3-4-10-28)26-48(38)31-12-5-11-30(23-31)39(42,43)44/h5,11-14,23-24,27-28H,1-4,6-10,15-22,25-26H2. The largest absolute Gasteiger partial charge is 0.416 e. The van der Waals surface area contributed by atoms with Crippen LogP contribution in [0.1, 0.15) is 94.6 Å². The van der Waals surface area contributed by atoms with Crippen LogP contribution >= 0.6 is 23.2 Å². The lowest BCUT2D eigenvalue weighted by molar-refractivity contribution is -0.147. The first kappa shape index (κ1) is 36.5. The summed E-state index contributed by atoms with van der Waals surface area (Å²) in [7, 11) is 0. The van der Waals surface area contributed by atoms with Crippen LogP contribution in [0.2, 0.25) is 10.0 Å². The van der Waals surface area contributed by atoms with Crippen LogP contribution in [0.3, 0.4) is 0 Å². The number of carbonyl (C=O) groups excluding carboxylic acids is 3. The molecule has 5 aliphatic rings. The SMILES string of the molecule is O=C(C1CCCC1)N1CCC(CCCN2CCC3(CC2)C(=O)N(C(=O)C2CCCC2)CN3c2cccc(C(F)(F)F)c2)(c2ccc(Cl)c(Cl)c2)C1. The number of rotatable bonds is 8. The molecule has 2 saturated carbocycles. The Morgan fingerprint density at radius 1 is 0.824 bits per heavy atom. The summed E-state index contributed by atoms with van der Waals surface area (Å²) in [5.41, 5.74) is -0.691. The smallest absolute Gasteiger partial charge is 0.342 e. The average Bonchev–Trinajstić information content (AvgIpc) is 3.95. The van der Waals surface area contributed by atoms with E-state index in [9.17, 15) is 27.6 Å². The summed E-state index contributed by atoms with van der Waals surface area (Å²) in [5, 5.41) is 1.00. The molecular formula is C39H47Cl2F3N4O3. The van der Waals surface area contributed by atoms with Crippen molar-refractivity contribution in [3.63, 3.8) is 0 Å². The van der Waals surface area contributed by atoms with Gasteiger partial charge in [0.1, 0.15) is 12.2 Å². The Kier molecular flexibility index (Phi) is 10.4. The fraction of sp³-hybridized carbons (Fsp3) is 0.615. The lowest BCUT2D eigenvalue weighted by Gasteiger charge is -2.43. The molecule has 3 aliphatic heterocycles. The number of imide groups is 1. The number of hydrogen-bond donors (Lipinski definition) is 0. The van der Waals surface area contributed by atoms with Crippen molar-refractivity contribution in [2.45, 2.75) is 101 Å². The normalized spacial score (nSPS) is 24.8. The molecule has 276 valence electrons. The molecule has 5 fully saturated rings. The lowest BCUT2D eigenvalue weighted by atomic mass is 9.75. The molecule has 3 heterocycles. The summed E-state index contributed by atoms with van der Waals surface area (Å²) in [6.45, 7) is 3.27. The van der Waals surface area contributed by atoms with Gasteiger partial charge in [-0.1, -0.05) is 61.0 Å². The van der Waals surface area contributed by atoms with E-state index in [-0.39, 0.29) is 41.6 Å². The van der Waals surface area contributed by atoms with E-state index in [0.717, 1.165) is 94.9 Å². The summed E-state index contributed by atoms with van der Waals surface area (Å²) >= 11 is 12.8. The zero-order valence-corrected chi connectivity index (χ0v) is 30.5. The summed E-state index contributed by atoms with van der Waals surface area (Å²) in [6.07, 6.45) is 6.36. The molecule has 0 N–H and O–H groups in total. The Balaban J connectivity index is 1.06. The first-order chi connectivity index (χ1) is 24.4. The third kappa shape index (κ3) is 7.13. The second-order valence-electron chi connectivity index (χ2n) is 15.5. The molecule has 1 unspecified atom stereocenters. The molecular weight excluding hydrogens is 700 g/mol. The molecule has 2 aromatic carbocycles. The Morgan fingerprint density at radius 3 is 2.14 bits per heavy atom. The van der Waals surface area contributed by atoms with Crippen LogP contribution in [0.4, 0.5) is 18.9 Å². The van der Waals surface area contributed by atoms with E-state index in [4.69, 9.17) is 23.2 Å². The van der Waals surface area contributed by atoms with Gasteiger partial charge >= 0.3 is 6.18 Å². The second kappa shape index (κ2) is 14.5. The molecule has 1 atom stereocenters. The molecule has 51 heavy (non-hydrogen) atoms. The summed E-state index contributed by atoms with van der Waals surface area (Å²) in [6, 6.07) is 11.0. The highest BCUT2D eigenvalue weighted by Gasteiger charge is 2.56. The van der Waals surface area contributed by atoms with Gasteiger partial charge in [0.25, 0.3) is 5.91 Å². The van der Waals surface area contributed by atoms with Crippen LogP contribution in [0.15, 0.2) is 42.5 Å². The zero-order valence-electron chi connectivity index (χ0n) is 29.0. The highest BCUT2D eigenvalue weighted by atomic mass is 35.5. The maximum Gasteiger partial charge on any atom is 0.416 e. The van der Waals surface area contributed by atoms with Crippen LogP contribution in [-0.4, -0.2) is 77.4 Å². The summed E-state index contributed by atoms with van der Waals surface area (Å²) < 4.78 is 41.3. The predicted molar refractivity (Wildman–Crippen MR) is 192 cm³/mol. The first-order valence-electron chi connectivity index (χ1n) is 18.7. The number of halogens is 5. The van der Waals surface area contributed by atoms with Gasteiger partial charge in [-0.2, -0.15) is 13.2 Å². The van der Waals surface area contributed by atoms with Gasteiger partial charge < -0.3 is 14.7 Å². The maximum absolute atomic E-state index is 14.2. The Hall–Kier alpha value is -2.82. The average molecular weight is 748 g/mol. The molecule has 0 aromatic heterocycles. The molecule has 0 bridgehead atoms. The number of anilines is 1. The van der Waals surface area contributed by atoms with Gasteiger partial charge in [0.05, 0.1) is 15.6 Å². The number of alkyl halides is 3. The summed E-state index contributed by atoms with van der Waals surface area (Å²) in [4.78, 5) is 48.8. The highest BCUT2D eigenvalue weighted by molar-refractivity contribution is 6.42. The number of hydrogen-bond acceptors (Lipinski definition) is 5. The number of carbonyl (C=O) groups is 3. The van der Waals surface area contributed by atoms with Crippen molar-refractivity contribution in [1.29, 1.82) is 0 Å². The number of amides is 3. The molecule has 3 saturated heterocycles. The molecule has 7 nitrogen and oxygen atoms in total. The molecule has 7 rings (SSSR count). The van der Waals surface area contributed by atoms with Crippen molar-refractivity contribution in [2.75, 3.05) is 44.3 Å². The minimum absolute atomic E-state index is 0.0300. The Labute approximate surface area is 308 Å². The van der Waals surface area contributed by atoms with Gasteiger partial charge in [0, 0.05) is 49.1 Å². The quantitative estimate of drug-likeness (QED) is 0.255. The minimum atomic E-state index is -4.52. The van der Waals surface area contributed by atoms with Gasteiger partial charge in [0.2, 0.25) is 11.8 Å². The van der Waals surface area contributed by atoms with Gasteiger partial charge in [-0.15, -0.1) is 0 Å². The van der Waals surface area contributed by atoms with Crippen molar-refractivity contribution in [3.8, 4) is 0 Å². The van der Waals surface area contributed by atoms with E-state index in [1.165, 1.54) is 11.0 Å². The van der Waals surface area contributed by atoms with Crippen molar-refractivity contribution < 1.29 is 27.6 Å². The third-order valence-electron chi connectivity index (χ3n) is 12.6. The monoisotopic (exact) mass is 746 g/mol. The number of likely N-dealkylation sites (tertiary alicyclic amines) is 2. The lowest BCUT2D eigenvalue weighted by Crippen LogP contribution is -2.57. The van der Waals surface area contributed by atoms with Crippen LogP contribution in [0, 0.1) is 11.8 Å². The molecule has 0 radical (unpaired) electrons. The van der Waals surface area contributed by atoms with E-state index in [2.05, 4.69) is 9.80 Å². The zero-order chi connectivity index (χ0) is 36.0. The van der Waals surface area contributed by atoms with Crippen molar-refractivity contribution >= 4 is 46.6 Å². The molecule has 12 heteroatoms. The van der Waals surface area contributed by atoms with Gasteiger partial charge in [-0.05, 0) is 100 Å². The van der Waals surface area contributed by atoms with Crippen LogP contribution in [0.25, 0.3) is 0 Å². The number of piperidine rings is 1. The van der Waals surface area contributed by atoms with E-state index >= 15 is 0 Å². The molecule has 2 aromatic rings. The first-order valence-corrected chi connectivity index (χ1v) is 19.4. The van der Waals surface area contributed by atoms with Crippen LogP contribution < -0.4 is 4.90 Å². The van der Waals surface area contributed by atoms with Crippen LogP contribution in [-0.2, 0) is 26.0 Å². The Bertz CT molecular complexity index is 1640. The minimum Gasteiger partial charge on any atom is -0.342 e. The van der Waals surface area contributed by atoms with Gasteiger partial charge in [0.15, 0.2) is 0 Å². The molecule has 1 spiro atoms. The van der Waals surface area contributed by atoms with E-state index in [0.29, 0.717) is 54.8 Å². The van der Waals surface area contributed by atoms with Gasteiger partial charge in [-0.25, -0.2) is 0 Å². The predicted octanol–water partition coefficient (Wildman–Crippen LogP) is 8.31. The van der Waals surface area contributed by atoms with E-state index < -0.39 is 17.3 Å². The second-order valence-corrected chi connectivity index (χ2v) is 16.4. The van der Waals surface area contributed by atoms with Crippen molar-refractivity contribution in [1.82, 2.24) is 14.7 Å². The van der Waals surface area contributed by atoms with Crippen LogP contribution in [0.5, 0.6) is 0 Å².